The maximum absolute atomic E-state index is 12.6. The summed E-state index contributed by atoms with van der Waals surface area (Å²) >= 11 is 1.55. The Morgan fingerprint density at radius 3 is 1.74 bits per heavy atom. The molecule has 0 radical (unpaired) electrons. The molecule has 4 saturated heterocycles. The summed E-state index contributed by atoms with van der Waals surface area (Å²) in [6.45, 7) is 0.562. The topological polar surface area (TPSA) is 354 Å². The van der Waals surface area contributed by atoms with E-state index in [0.29, 0.717) is 24.5 Å². The normalized spacial score (nSPS) is 46.0. The van der Waals surface area contributed by atoms with Gasteiger partial charge in [-0.1, -0.05) is 0 Å². The van der Waals surface area contributed by atoms with Crippen LogP contribution in [0.4, 0.5) is 0 Å². The van der Waals surface area contributed by atoms with Crippen molar-refractivity contribution in [2.45, 2.75) is 143 Å². The molecule has 20 atom stereocenters. The molecule has 0 aromatic carbocycles. The van der Waals surface area contributed by atoms with Gasteiger partial charge in [0.1, 0.15) is 91.6 Å². The number of carbonyl (C=O) groups is 1. The molecule has 4 fully saturated rings. The van der Waals surface area contributed by atoms with Gasteiger partial charge >= 0.3 is 0 Å². The number of hydrogen-bond donors (Lipinski definition) is 13. The van der Waals surface area contributed by atoms with E-state index >= 15 is 0 Å². The molecule has 0 aromatic rings. The van der Waals surface area contributed by atoms with Crippen LogP contribution in [-0.2, 0) is 38.0 Å². The highest BCUT2D eigenvalue weighted by Gasteiger charge is 2.56. The zero-order chi connectivity index (χ0) is 40.0. The van der Waals surface area contributed by atoms with E-state index in [-0.39, 0.29) is 6.54 Å². The van der Waals surface area contributed by atoms with Crippen LogP contribution in [0.2, 0.25) is 0 Å². The summed E-state index contributed by atoms with van der Waals surface area (Å²) in [4.78, 5) is 13.8. The minimum Gasteiger partial charge on any atom is -0.394 e. The van der Waals surface area contributed by atoms with Crippen molar-refractivity contribution in [2.75, 3.05) is 44.4 Å². The van der Waals surface area contributed by atoms with Gasteiger partial charge in [-0.15, -0.1) is 0 Å². The molecule has 0 spiro atoms. The second kappa shape index (κ2) is 20.6. The number of aliphatic hydroxyl groups is 12. The summed E-state index contributed by atoms with van der Waals surface area (Å²) < 4.78 is 40.6. The molecule has 0 saturated carbocycles. The van der Waals surface area contributed by atoms with Gasteiger partial charge in [0.15, 0.2) is 25.1 Å². The minimum absolute atomic E-state index is 0.113. The van der Waals surface area contributed by atoms with Crippen LogP contribution in [0.3, 0.4) is 0 Å². The van der Waals surface area contributed by atoms with Gasteiger partial charge in [-0.2, -0.15) is 11.8 Å². The molecule has 0 aromatic heterocycles. The molecular formula is C31H56N2O20S. The third-order valence-electron chi connectivity index (χ3n) is 9.83. The molecular weight excluding hydrogens is 752 g/mol. The summed E-state index contributed by atoms with van der Waals surface area (Å²) in [5, 5.41) is 127. The predicted molar refractivity (Wildman–Crippen MR) is 179 cm³/mol. The molecule has 0 bridgehead atoms. The molecule has 4 heterocycles. The van der Waals surface area contributed by atoms with E-state index in [4.69, 9.17) is 38.9 Å². The van der Waals surface area contributed by atoms with E-state index in [9.17, 15) is 66.1 Å². The third-order valence-corrected chi connectivity index (χ3v) is 10.9. The number of aliphatic hydroxyl groups excluding tert-OH is 12. The van der Waals surface area contributed by atoms with Gasteiger partial charge in [0.2, 0.25) is 5.91 Å². The highest BCUT2D eigenvalue weighted by atomic mass is 32.2. The van der Waals surface area contributed by atoms with Crippen LogP contribution in [0.25, 0.3) is 0 Å². The lowest BCUT2D eigenvalue weighted by Crippen LogP contribution is -2.69. The predicted octanol–water partition coefficient (Wildman–Crippen LogP) is -7.78. The average molecular weight is 809 g/mol. The van der Waals surface area contributed by atoms with Gasteiger partial charge in [-0.25, -0.2) is 0 Å². The number of nitrogens with zero attached hydrogens (tertiary/aromatic N) is 1. The first-order chi connectivity index (χ1) is 25.6. The van der Waals surface area contributed by atoms with Gasteiger partial charge in [-0.3, -0.25) is 4.79 Å². The lowest BCUT2D eigenvalue weighted by molar-refractivity contribution is -0.402. The lowest BCUT2D eigenvalue weighted by atomic mass is 9.95. The Labute approximate surface area is 314 Å². The van der Waals surface area contributed by atoms with Crippen molar-refractivity contribution in [3.05, 3.63) is 0 Å². The van der Waals surface area contributed by atoms with Crippen LogP contribution in [-0.4, -0.2) is 239 Å². The molecule has 4 aliphatic rings. The second-order valence-corrected chi connectivity index (χ2v) is 14.8. The number of amides is 1. The molecule has 4 aliphatic heterocycles. The Morgan fingerprint density at radius 2 is 1.15 bits per heavy atom. The number of ether oxygens (including phenoxy) is 7. The van der Waals surface area contributed by atoms with Crippen LogP contribution < -0.4 is 5.73 Å². The van der Waals surface area contributed by atoms with E-state index in [0.717, 1.165) is 0 Å². The van der Waals surface area contributed by atoms with E-state index in [1.54, 1.807) is 11.8 Å². The van der Waals surface area contributed by atoms with Crippen LogP contribution in [0, 0.1) is 0 Å². The zero-order valence-corrected chi connectivity index (χ0v) is 30.6. The maximum Gasteiger partial charge on any atom is 0.221 e. The summed E-state index contributed by atoms with van der Waals surface area (Å²) in [6, 6.07) is 0. The molecule has 0 aliphatic carbocycles. The van der Waals surface area contributed by atoms with Crippen molar-refractivity contribution >= 4 is 17.7 Å². The smallest absolute Gasteiger partial charge is 0.221 e. The molecule has 1 amide bonds. The Hall–Kier alpha value is -0.980. The van der Waals surface area contributed by atoms with Gasteiger partial charge in [-0.05, 0) is 19.1 Å². The van der Waals surface area contributed by atoms with Gasteiger partial charge in [0.25, 0.3) is 0 Å². The standard InChI is InChI=1S/C31H56N2O20S/c1-11-16(38)19(41)23(45)29(47-11)53-27-26(52-30-24(46)20(42)17(39)13(8-34)49-30)18(40)14(9-35)50-31(27)51-25-15(10-36)48-28(22(44)21(25)43)33(12(2)37)5-3-6-54-7-4-32/h11,13-31,34-36,38-46H,3-10,32H2,1-2H3/t11?,13?,14?,15-,16+,17-,18-,19-,20-,21?,22?,23+,24-,25+,26-,27-,28?,29?,30?,31?/m0/s1. The largest absolute Gasteiger partial charge is 0.394 e. The lowest BCUT2D eigenvalue weighted by Gasteiger charge is -2.51. The van der Waals surface area contributed by atoms with Crippen LogP contribution in [0.1, 0.15) is 20.3 Å². The van der Waals surface area contributed by atoms with E-state index in [1.807, 2.05) is 0 Å². The average Bonchev–Trinajstić information content (AvgIpc) is 3.15. The van der Waals surface area contributed by atoms with E-state index in [1.165, 1.54) is 18.7 Å². The number of carbonyl (C=O) groups excluding carboxylic acids is 1. The van der Waals surface area contributed by atoms with Crippen molar-refractivity contribution in [2.24, 2.45) is 5.73 Å². The summed E-state index contributed by atoms with van der Waals surface area (Å²) in [5.74, 6) is 0.813. The molecule has 22 nitrogen and oxygen atoms in total. The van der Waals surface area contributed by atoms with Crippen molar-refractivity contribution in [1.29, 1.82) is 0 Å². The van der Waals surface area contributed by atoms with Crippen molar-refractivity contribution < 1.29 is 99.2 Å². The molecule has 54 heavy (non-hydrogen) atoms. The van der Waals surface area contributed by atoms with Crippen molar-refractivity contribution in [3.8, 4) is 0 Å². The summed E-state index contributed by atoms with van der Waals surface area (Å²) in [5.41, 5.74) is 5.53. The first-order valence-electron chi connectivity index (χ1n) is 17.7. The van der Waals surface area contributed by atoms with Crippen LogP contribution in [0.15, 0.2) is 0 Å². The Kier molecular flexibility index (Phi) is 17.5. The zero-order valence-electron chi connectivity index (χ0n) is 29.8. The maximum atomic E-state index is 12.6. The minimum atomic E-state index is -2.00. The van der Waals surface area contributed by atoms with Gasteiger partial charge in [0.05, 0.1) is 25.9 Å². The number of rotatable bonds is 16. The number of hydrogen-bond acceptors (Lipinski definition) is 22. The monoisotopic (exact) mass is 808 g/mol. The van der Waals surface area contributed by atoms with Crippen molar-refractivity contribution in [1.82, 2.24) is 4.90 Å². The first-order valence-corrected chi connectivity index (χ1v) is 18.9. The Bertz CT molecular complexity index is 1150. The second-order valence-electron chi connectivity index (χ2n) is 13.6. The fourth-order valence-electron chi connectivity index (χ4n) is 6.70. The Morgan fingerprint density at radius 1 is 0.611 bits per heavy atom. The Balaban J connectivity index is 1.65. The van der Waals surface area contributed by atoms with Crippen molar-refractivity contribution in [3.63, 3.8) is 0 Å². The van der Waals surface area contributed by atoms with Gasteiger partial charge < -0.3 is 105 Å². The van der Waals surface area contributed by atoms with E-state index in [2.05, 4.69) is 0 Å². The molecule has 4 rings (SSSR count). The first kappa shape index (κ1) is 45.7. The summed E-state index contributed by atoms with van der Waals surface area (Å²) in [7, 11) is 0. The molecule has 316 valence electrons. The molecule has 9 unspecified atom stereocenters. The van der Waals surface area contributed by atoms with Gasteiger partial charge in [0, 0.05) is 25.8 Å². The van der Waals surface area contributed by atoms with Crippen LogP contribution in [0.5, 0.6) is 0 Å². The SMILES string of the molecule is CC(=O)N(CCCSCCN)C1O[C@@H](CO)[C@@H](OC2OC(CO)[C@H](O)[C@H](OC3OC(CO)[C@H](O)[C@H](O)[C@@H]3O)[C@@H]2OC2OC(C)[C@@H](O)[C@H](O)[C@H]2O)C(O)C1O. The molecule has 23 heteroatoms. The fourth-order valence-corrected chi connectivity index (χ4v) is 7.40. The third kappa shape index (κ3) is 10.2. The highest BCUT2D eigenvalue weighted by molar-refractivity contribution is 7.99. The summed E-state index contributed by atoms with van der Waals surface area (Å²) in [6.07, 6.45) is -34.3. The van der Waals surface area contributed by atoms with Crippen LogP contribution >= 0.6 is 11.8 Å². The highest BCUT2D eigenvalue weighted by Crippen LogP contribution is 2.36. The van der Waals surface area contributed by atoms with E-state index < -0.39 is 148 Å². The number of nitrogens with two attached hydrogens (primary N) is 1. The fraction of sp³-hybridized carbons (Fsp3) is 0.968. The number of thioether (sulfide) groups is 1. The quantitative estimate of drug-likeness (QED) is 0.0644. The molecule has 14 N–H and O–H groups in total.